The van der Waals surface area contributed by atoms with Gasteiger partial charge in [-0.2, -0.15) is 13.2 Å². The quantitative estimate of drug-likeness (QED) is 0.849. The van der Waals surface area contributed by atoms with Gasteiger partial charge in [-0.15, -0.1) is 11.6 Å². The van der Waals surface area contributed by atoms with Gasteiger partial charge in [0.1, 0.15) is 0 Å². The van der Waals surface area contributed by atoms with E-state index in [0.717, 1.165) is 12.1 Å². The van der Waals surface area contributed by atoms with Gasteiger partial charge in [0, 0.05) is 12.4 Å². The maximum absolute atomic E-state index is 12.3. The minimum absolute atomic E-state index is 0.0393. The van der Waals surface area contributed by atoms with Crippen LogP contribution in [0.4, 0.5) is 13.2 Å². The molecule has 0 atom stereocenters. The van der Waals surface area contributed by atoms with Crippen LogP contribution < -0.4 is 4.72 Å². The van der Waals surface area contributed by atoms with Gasteiger partial charge in [0.25, 0.3) is 0 Å². The predicted molar refractivity (Wildman–Crippen MR) is 62.8 cm³/mol. The lowest BCUT2D eigenvalue weighted by molar-refractivity contribution is -0.137. The Kier molecular flexibility index (Phi) is 5.01. The highest BCUT2D eigenvalue weighted by Gasteiger charge is 2.29. The number of sulfonamides is 1. The van der Waals surface area contributed by atoms with E-state index < -0.39 is 21.8 Å². The lowest BCUT2D eigenvalue weighted by Crippen LogP contribution is -2.26. The lowest BCUT2D eigenvalue weighted by Gasteiger charge is -2.08. The third kappa shape index (κ3) is 4.83. The summed E-state index contributed by atoms with van der Waals surface area (Å²) in [4.78, 5) is 0. The Morgan fingerprint density at radius 3 is 2.17 bits per heavy atom. The van der Waals surface area contributed by atoms with Gasteiger partial charge in [-0.3, -0.25) is 0 Å². The van der Waals surface area contributed by atoms with E-state index in [2.05, 4.69) is 4.72 Å². The molecule has 8 heteroatoms. The summed E-state index contributed by atoms with van der Waals surface area (Å²) in [5.41, 5.74) is -0.323. The van der Waals surface area contributed by atoms with Crippen molar-refractivity contribution in [1.82, 2.24) is 4.72 Å². The summed E-state index contributed by atoms with van der Waals surface area (Å²) in [5.74, 6) is -0.266. The molecule has 1 aromatic rings. The molecule has 18 heavy (non-hydrogen) atoms. The van der Waals surface area contributed by atoms with Crippen LogP contribution in [0.3, 0.4) is 0 Å². The van der Waals surface area contributed by atoms with Crippen LogP contribution in [0, 0.1) is 0 Å². The molecule has 1 aromatic carbocycles. The Hall–Kier alpha value is -0.790. The minimum atomic E-state index is -4.39. The molecule has 0 heterocycles. The van der Waals surface area contributed by atoms with E-state index in [4.69, 9.17) is 11.6 Å². The smallest absolute Gasteiger partial charge is 0.212 e. The second-order valence-corrected chi connectivity index (χ2v) is 5.83. The molecule has 0 amide bonds. The summed E-state index contributed by atoms with van der Waals surface area (Å²) in [6, 6.07) is 4.27. The van der Waals surface area contributed by atoms with Crippen LogP contribution in [0.15, 0.2) is 24.3 Å². The molecule has 0 aromatic heterocycles. The van der Waals surface area contributed by atoms with Gasteiger partial charge in [-0.25, -0.2) is 13.1 Å². The number of halogens is 4. The zero-order chi connectivity index (χ0) is 13.8. The van der Waals surface area contributed by atoms with Gasteiger partial charge in [-0.05, 0) is 17.7 Å². The second kappa shape index (κ2) is 5.90. The zero-order valence-electron chi connectivity index (χ0n) is 9.17. The van der Waals surface area contributed by atoms with Crippen LogP contribution in [-0.4, -0.2) is 20.1 Å². The van der Waals surface area contributed by atoms with Crippen molar-refractivity contribution in [2.45, 2.75) is 12.7 Å². The van der Waals surface area contributed by atoms with E-state index in [9.17, 15) is 21.6 Å². The SMILES string of the molecule is O=S(=O)(CCCl)NCc1ccc(C(F)(F)F)cc1. The average Bonchev–Trinajstić information content (AvgIpc) is 2.26. The fourth-order valence-electron chi connectivity index (χ4n) is 1.18. The van der Waals surface area contributed by atoms with E-state index in [1.807, 2.05) is 0 Å². The van der Waals surface area contributed by atoms with Crippen molar-refractivity contribution < 1.29 is 21.6 Å². The molecule has 0 spiro atoms. The Morgan fingerprint density at radius 1 is 1.17 bits per heavy atom. The molecule has 0 bridgehead atoms. The third-order valence-corrected chi connectivity index (χ3v) is 3.86. The first-order valence-corrected chi connectivity index (χ1v) is 7.13. The van der Waals surface area contributed by atoms with Crippen LogP contribution >= 0.6 is 11.6 Å². The van der Waals surface area contributed by atoms with Gasteiger partial charge in [0.15, 0.2) is 0 Å². The molecule has 0 fully saturated rings. The van der Waals surface area contributed by atoms with Gasteiger partial charge in [-0.1, -0.05) is 12.1 Å². The second-order valence-electron chi connectivity index (χ2n) is 3.52. The van der Waals surface area contributed by atoms with E-state index in [-0.39, 0.29) is 18.2 Å². The van der Waals surface area contributed by atoms with E-state index in [1.165, 1.54) is 12.1 Å². The highest BCUT2D eigenvalue weighted by atomic mass is 35.5. The normalized spacial score (nSPS) is 12.7. The molecule has 1 N–H and O–H groups in total. The van der Waals surface area contributed by atoms with E-state index in [0.29, 0.717) is 5.56 Å². The Bertz CT molecular complexity index is 485. The first kappa shape index (κ1) is 15.3. The predicted octanol–water partition coefficient (Wildman–Crippen LogP) is 2.36. The Balaban J connectivity index is 2.65. The number of nitrogens with one attached hydrogen (secondary N) is 1. The summed E-state index contributed by atoms with van der Waals surface area (Å²) in [7, 11) is -3.47. The largest absolute Gasteiger partial charge is 0.416 e. The van der Waals surface area contributed by atoms with Crippen LogP contribution in [0.25, 0.3) is 0 Å². The van der Waals surface area contributed by atoms with E-state index in [1.54, 1.807) is 0 Å². The van der Waals surface area contributed by atoms with Crippen molar-refractivity contribution in [3.8, 4) is 0 Å². The number of rotatable bonds is 5. The fraction of sp³-hybridized carbons (Fsp3) is 0.400. The average molecular weight is 302 g/mol. The summed E-state index contributed by atoms with van der Waals surface area (Å²) in [6.45, 7) is -0.0582. The molecule has 0 radical (unpaired) electrons. The molecule has 0 aliphatic carbocycles. The summed E-state index contributed by atoms with van der Waals surface area (Å²) in [5, 5.41) is 0. The van der Waals surface area contributed by atoms with Crippen molar-refractivity contribution >= 4 is 21.6 Å². The first-order valence-electron chi connectivity index (χ1n) is 4.94. The molecule has 1 rings (SSSR count). The molecule has 0 aliphatic rings. The highest BCUT2D eigenvalue weighted by molar-refractivity contribution is 7.89. The van der Waals surface area contributed by atoms with Gasteiger partial charge in [0.05, 0.1) is 11.3 Å². The van der Waals surface area contributed by atoms with Gasteiger partial charge in [0.2, 0.25) is 10.0 Å². The van der Waals surface area contributed by atoms with Crippen LogP contribution in [0.2, 0.25) is 0 Å². The maximum Gasteiger partial charge on any atom is 0.416 e. The molecule has 0 unspecified atom stereocenters. The van der Waals surface area contributed by atoms with Gasteiger partial charge < -0.3 is 0 Å². The van der Waals surface area contributed by atoms with Crippen LogP contribution in [-0.2, 0) is 22.7 Å². The number of hydrogen-bond donors (Lipinski definition) is 1. The minimum Gasteiger partial charge on any atom is -0.212 e. The monoisotopic (exact) mass is 301 g/mol. The number of hydrogen-bond acceptors (Lipinski definition) is 2. The van der Waals surface area contributed by atoms with E-state index >= 15 is 0 Å². The fourth-order valence-corrected chi connectivity index (χ4v) is 2.52. The molecular formula is C10H11ClF3NO2S. The molecule has 0 saturated carbocycles. The molecule has 0 aliphatic heterocycles. The summed E-state index contributed by atoms with van der Waals surface area (Å²) < 4.78 is 61.6. The standard InChI is InChI=1S/C10H11ClF3NO2S/c11-5-6-18(16,17)15-7-8-1-3-9(4-2-8)10(12,13)14/h1-4,15H,5-7H2. The molecule has 102 valence electrons. The maximum atomic E-state index is 12.3. The molecule has 0 saturated heterocycles. The summed E-state index contributed by atoms with van der Waals surface area (Å²) in [6.07, 6.45) is -4.39. The topological polar surface area (TPSA) is 46.2 Å². The highest BCUT2D eigenvalue weighted by Crippen LogP contribution is 2.29. The third-order valence-electron chi connectivity index (χ3n) is 2.12. The number of alkyl halides is 4. The summed E-state index contributed by atoms with van der Waals surface area (Å²) >= 11 is 5.29. The molecule has 3 nitrogen and oxygen atoms in total. The van der Waals surface area contributed by atoms with Crippen molar-refractivity contribution in [2.24, 2.45) is 0 Å². The van der Waals surface area contributed by atoms with Crippen LogP contribution in [0.5, 0.6) is 0 Å². The van der Waals surface area contributed by atoms with Gasteiger partial charge >= 0.3 is 6.18 Å². The van der Waals surface area contributed by atoms with Crippen molar-refractivity contribution in [3.63, 3.8) is 0 Å². The van der Waals surface area contributed by atoms with Crippen molar-refractivity contribution in [2.75, 3.05) is 11.6 Å². The Morgan fingerprint density at radius 2 is 1.72 bits per heavy atom. The van der Waals surface area contributed by atoms with Crippen molar-refractivity contribution in [1.29, 1.82) is 0 Å². The number of benzene rings is 1. The zero-order valence-corrected chi connectivity index (χ0v) is 10.7. The Labute approximate surface area is 108 Å². The van der Waals surface area contributed by atoms with Crippen LogP contribution in [0.1, 0.15) is 11.1 Å². The van der Waals surface area contributed by atoms with Crippen molar-refractivity contribution in [3.05, 3.63) is 35.4 Å². The first-order chi connectivity index (χ1) is 8.24. The molecular weight excluding hydrogens is 291 g/mol. The lowest BCUT2D eigenvalue weighted by atomic mass is 10.1.